The minimum absolute atomic E-state index is 0.170. The van der Waals surface area contributed by atoms with Crippen LogP contribution in [0.3, 0.4) is 0 Å². The van der Waals surface area contributed by atoms with Crippen molar-refractivity contribution in [2.45, 2.75) is 52.1 Å². The van der Waals surface area contributed by atoms with Crippen molar-refractivity contribution in [3.8, 4) is 0 Å². The summed E-state index contributed by atoms with van der Waals surface area (Å²) in [4.78, 5) is 11.9. The van der Waals surface area contributed by atoms with E-state index in [0.717, 1.165) is 25.4 Å². The van der Waals surface area contributed by atoms with Gasteiger partial charge >= 0.3 is 5.69 Å². The molecule has 1 aliphatic rings. The van der Waals surface area contributed by atoms with E-state index in [0.29, 0.717) is 0 Å². The Morgan fingerprint density at radius 1 is 1.27 bits per heavy atom. The first kappa shape index (κ1) is 10.5. The van der Waals surface area contributed by atoms with Gasteiger partial charge in [-0.1, -0.05) is 19.8 Å². The molecule has 0 spiro atoms. The molecule has 1 aliphatic carbocycles. The zero-order chi connectivity index (χ0) is 10.7. The Hall–Kier alpha value is -0.990. The summed E-state index contributed by atoms with van der Waals surface area (Å²) in [6.45, 7) is 3.87. The van der Waals surface area contributed by atoms with Gasteiger partial charge in [0, 0.05) is 25.5 Å². The molecule has 1 heterocycles. The van der Waals surface area contributed by atoms with E-state index in [1.165, 1.54) is 25.7 Å². The first-order valence-corrected chi connectivity index (χ1v) is 6.07. The van der Waals surface area contributed by atoms with Crippen LogP contribution >= 0.6 is 0 Å². The van der Waals surface area contributed by atoms with Gasteiger partial charge in [0.1, 0.15) is 0 Å². The van der Waals surface area contributed by atoms with E-state index < -0.39 is 0 Å². The number of nitrogens with zero attached hydrogens (tertiary/aromatic N) is 2. The molecule has 84 valence electrons. The molecule has 0 unspecified atom stereocenters. The van der Waals surface area contributed by atoms with Crippen LogP contribution in [-0.2, 0) is 13.1 Å². The van der Waals surface area contributed by atoms with Gasteiger partial charge < -0.3 is 0 Å². The third-order valence-corrected chi connectivity index (χ3v) is 3.31. The number of aryl methyl sites for hydroxylation is 1. The Labute approximate surface area is 90.7 Å². The maximum atomic E-state index is 11.9. The van der Waals surface area contributed by atoms with Crippen LogP contribution in [0.15, 0.2) is 17.2 Å². The summed E-state index contributed by atoms with van der Waals surface area (Å²) in [7, 11) is 0. The third kappa shape index (κ3) is 2.33. The number of hydrogen-bond acceptors (Lipinski definition) is 1. The summed E-state index contributed by atoms with van der Waals surface area (Å²) in [5.74, 6) is 0.736. The molecule has 1 aromatic rings. The average Bonchev–Trinajstić information content (AvgIpc) is 2.83. The molecule has 1 saturated carbocycles. The molecule has 0 aliphatic heterocycles. The van der Waals surface area contributed by atoms with Crippen LogP contribution < -0.4 is 5.69 Å². The van der Waals surface area contributed by atoms with Crippen molar-refractivity contribution in [2.24, 2.45) is 5.92 Å². The van der Waals surface area contributed by atoms with Gasteiger partial charge in [-0.05, 0) is 25.2 Å². The minimum Gasteiger partial charge on any atom is -0.299 e. The summed E-state index contributed by atoms with van der Waals surface area (Å²) in [6, 6.07) is 0. The van der Waals surface area contributed by atoms with E-state index in [1.54, 1.807) is 0 Å². The van der Waals surface area contributed by atoms with Crippen molar-refractivity contribution in [2.75, 3.05) is 0 Å². The first-order chi connectivity index (χ1) is 7.31. The number of rotatable bonds is 4. The Bertz CT molecular complexity index is 358. The van der Waals surface area contributed by atoms with Crippen LogP contribution in [0.1, 0.15) is 39.0 Å². The summed E-state index contributed by atoms with van der Waals surface area (Å²) in [5, 5.41) is 0. The van der Waals surface area contributed by atoms with Crippen molar-refractivity contribution in [1.82, 2.24) is 9.13 Å². The van der Waals surface area contributed by atoms with Crippen molar-refractivity contribution in [1.29, 1.82) is 0 Å². The van der Waals surface area contributed by atoms with Crippen molar-refractivity contribution in [3.63, 3.8) is 0 Å². The van der Waals surface area contributed by atoms with Crippen LogP contribution in [0, 0.1) is 5.92 Å². The Kier molecular flexibility index (Phi) is 3.29. The maximum absolute atomic E-state index is 11.9. The summed E-state index contributed by atoms with van der Waals surface area (Å²) in [5.41, 5.74) is 0.170. The second-order valence-corrected chi connectivity index (χ2v) is 4.58. The zero-order valence-corrected chi connectivity index (χ0v) is 9.48. The SMILES string of the molecule is CCCn1ccn(CC2CCCC2)c1=O. The van der Waals surface area contributed by atoms with E-state index >= 15 is 0 Å². The Morgan fingerprint density at radius 2 is 1.93 bits per heavy atom. The first-order valence-electron chi connectivity index (χ1n) is 6.07. The van der Waals surface area contributed by atoms with Gasteiger partial charge in [-0.2, -0.15) is 0 Å². The van der Waals surface area contributed by atoms with Crippen LogP contribution in [-0.4, -0.2) is 9.13 Å². The molecule has 0 atom stereocenters. The third-order valence-electron chi connectivity index (χ3n) is 3.31. The van der Waals surface area contributed by atoms with Gasteiger partial charge in [0.15, 0.2) is 0 Å². The molecule has 15 heavy (non-hydrogen) atoms. The van der Waals surface area contributed by atoms with Gasteiger partial charge in [0.05, 0.1) is 0 Å². The monoisotopic (exact) mass is 208 g/mol. The smallest absolute Gasteiger partial charge is 0.299 e. The highest BCUT2D eigenvalue weighted by Gasteiger charge is 2.16. The number of aromatic nitrogens is 2. The highest BCUT2D eigenvalue weighted by atomic mass is 16.1. The van der Waals surface area contributed by atoms with E-state index in [-0.39, 0.29) is 5.69 Å². The Morgan fingerprint density at radius 3 is 2.60 bits per heavy atom. The van der Waals surface area contributed by atoms with Crippen molar-refractivity contribution in [3.05, 3.63) is 22.9 Å². The quantitative estimate of drug-likeness (QED) is 0.745. The molecule has 0 amide bonds. The van der Waals surface area contributed by atoms with Crippen LogP contribution in [0.5, 0.6) is 0 Å². The zero-order valence-electron chi connectivity index (χ0n) is 9.48. The van der Waals surface area contributed by atoms with E-state index in [1.807, 2.05) is 21.5 Å². The molecule has 3 nitrogen and oxygen atoms in total. The van der Waals surface area contributed by atoms with Crippen molar-refractivity contribution >= 4 is 0 Å². The molecule has 2 rings (SSSR count). The van der Waals surface area contributed by atoms with Gasteiger partial charge in [-0.25, -0.2) is 4.79 Å². The lowest BCUT2D eigenvalue weighted by atomic mass is 10.1. The average molecular weight is 208 g/mol. The van der Waals surface area contributed by atoms with Gasteiger partial charge in [0.25, 0.3) is 0 Å². The lowest BCUT2D eigenvalue weighted by molar-refractivity contribution is 0.443. The second-order valence-electron chi connectivity index (χ2n) is 4.58. The van der Waals surface area contributed by atoms with Gasteiger partial charge in [0.2, 0.25) is 0 Å². The standard InChI is InChI=1S/C12H20N2O/c1-2-7-13-8-9-14(12(13)15)10-11-5-3-4-6-11/h8-9,11H,2-7,10H2,1H3. The lowest BCUT2D eigenvalue weighted by Crippen LogP contribution is -2.26. The molecule has 0 N–H and O–H groups in total. The molecule has 3 heteroatoms. The highest BCUT2D eigenvalue weighted by Crippen LogP contribution is 2.25. The molecule has 1 aromatic heterocycles. The molecule has 0 bridgehead atoms. The van der Waals surface area contributed by atoms with Gasteiger partial charge in [-0.15, -0.1) is 0 Å². The van der Waals surface area contributed by atoms with E-state index in [2.05, 4.69) is 6.92 Å². The lowest BCUT2D eigenvalue weighted by Gasteiger charge is -2.08. The van der Waals surface area contributed by atoms with Crippen LogP contribution in [0.25, 0.3) is 0 Å². The predicted molar refractivity (Wildman–Crippen MR) is 60.9 cm³/mol. The summed E-state index contributed by atoms with van der Waals surface area (Å²) < 4.78 is 3.70. The topological polar surface area (TPSA) is 26.9 Å². The summed E-state index contributed by atoms with van der Waals surface area (Å²) >= 11 is 0. The number of imidazole rings is 1. The van der Waals surface area contributed by atoms with Crippen LogP contribution in [0.4, 0.5) is 0 Å². The van der Waals surface area contributed by atoms with Crippen molar-refractivity contribution < 1.29 is 0 Å². The van der Waals surface area contributed by atoms with Crippen LogP contribution in [0.2, 0.25) is 0 Å². The molecule has 0 aromatic carbocycles. The van der Waals surface area contributed by atoms with E-state index in [9.17, 15) is 4.79 Å². The minimum atomic E-state index is 0.170. The maximum Gasteiger partial charge on any atom is 0.328 e. The fourth-order valence-electron chi connectivity index (χ4n) is 2.47. The fourth-order valence-corrected chi connectivity index (χ4v) is 2.47. The predicted octanol–water partition coefficient (Wildman–Crippen LogP) is 2.25. The highest BCUT2D eigenvalue weighted by molar-refractivity contribution is 4.83. The molecule has 1 fully saturated rings. The molecular weight excluding hydrogens is 188 g/mol. The fraction of sp³-hybridized carbons (Fsp3) is 0.750. The Balaban J connectivity index is 2.04. The second kappa shape index (κ2) is 4.69. The number of hydrogen-bond donors (Lipinski definition) is 0. The summed E-state index contributed by atoms with van der Waals surface area (Å²) in [6.07, 6.45) is 10.2. The molecule has 0 saturated heterocycles. The normalized spacial score (nSPS) is 17.4. The van der Waals surface area contributed by atoms with E-state index in [4.69, 9.17) is 0 Å². The molecule has 0 radical (unpaired) electrons. The van der Waals surface area contributed by atoms with Gasteiger partial charge in [-0.3, -0.25) is 9.13 Å². The molecular formula is C12H20N2O. The largest absolute Gasteiger partial charge is 0.328 e.